The van der Waals surface area contributed by atoms with Gasteiger partial charge in [0.15, 0.2) is 11.5 Å². The van der Waals surface area contributed by atoms with Gasteiger partial charge in [0.25, 0.3) is 5.69 Å². The van der Waals surface area contributed by atoms with Crippen LogP contribution in [0.2, 0.25) is 0 Å². The van der Waals surface area contributed by atoms with E-state index in [0.29, 0.717) is 41.4 Å². The molecule has 3 aromatic rings. The molecule has 1 fully saturated rings. The van der Waals surface area contributed by atoms with E-state index in [4.69, 9.17) is 15.2 Å². The van der Waals surface area contributed by atoms with Crippen LogP contribution in [-0.2, 0) is 10.0 Å². The molecule has 33 heavy (non-hydrogen) atoms. The van der Waals surface area contributed by atoms with E-state index in [0.717, 1.165) is 0 Å². The monoisotopic (exact) mass is 474 g/mol. The molecule has 1 aliphatic heterocycles. The van der Waals surface area contributed by atoms with Crippen LogP contribution in [0, 0.1) is 10.1 Å². The van der Waals surface area contributed by atoms with Crippen LogP contribution < -0.4 is 20.1 Å². The van der Waals surface area contributed by atoms with Gasteiger partial charge in [-0.2, -0.15) is 9.29 Å². The highest BCUT2D eigenvalue weighted by molar-refractivity contribution is 7.89. The Kier molecular flexibility index (Phi) is 5.91. The number of ether oxygens (including phenoxy) is 2. The molecule has 1 aliphatic rings. The molecule has 1 aromatic heterocycles. The van der Waals surface area contributed by atoms with E-state index in [-0.39, 0.29) is 29.5 Å². The van der Waals surface area contributed by atoms with Gasteiger partial charge >= 0.3 is 0 Å². The summed E-state index contributed by atoms with van der Waals surface area (Å²) in [7, 11) is -0.727. The normalized spacial score (nSPS) is 14.9. The Morgan fingerprint density at radius 3 is 2.18 bits per heavy atom. The third kappa shape index (κ3) is 4.19. The molecule has 0 amide bonds. The quantitative estimate of drug-likeness (QED) is 0.412. The summed E-state index contributed by atoms with van der Waals surface area (Å²) in [6.07, 6.45) is 0. The standard InChI is InChI=1S/C20H22N6O6S/c1-31-17-11-15-16(12-18(17)32-2)22-20(23-19(15)21)24-7-9-25(10-8-24)33(29,30)14-5-3-13(4-6-14)26(27)28/h3-6,11-12H,7-10H2,1-2H3,(H2,21,22,23). The number of anilines is 2. The zero-order valence-corrected chi connectivity index (χ0v) is 18.8. The zero-order chi connectivity index (χ0) is 23.8. The van der Waals surface area contributed by atoms with Gasteiger partial charge in [0.05, 0.1) is 29.6 Å². The highest BCUT2D eigenvalue weighted by Crippen LogP contribution is 2.34. The Morgan fingerprint density at radius 1 is 1.00 bits per heavy atom. The van der Waals surface area contributed by atoms with E-state index in [1.807, 2.05) is 4.90 Å². The van der Waals surface area contributed by atoms with Crippen LogP contribution >= 0.6 is 0 Å². The summed E-state index contributed by atoms with van der Waals surface area (Å²) in [5, 5.41) is 11.4. The third-order valence-corrected chi connectivity index (χ3v) is 7.34. The molecule has 2 N–H and O–H groups in total. The fraction of sp³-hybridized carbons (Fsp3) is 0.300. The van der Waals surface area contributed by atoms with Crippen LogP contribution in [-0.4, -0.2) is 68.0 Å². The second-order valence-corrected chi connectivity index (χ2v) is 9.21. The van der Waals surface area contributed by atoms with Gasteiger partial charge in [-0.05, 0) is 18.2 Å². The van der Waals surface area contributed by atoms with Crippen molar-refractivity contribution in [3.63, 3.8) is 0 Å². The number of aromatic nitrogens is 2. The number of nitrogens with zero attached hydrogens (tertiary/aromatic N) is 5. The lowest BCUT2D eigenvalue weighted by molar-refractivity contribution is -0.384. The first-order valence-electron chi connectivity index (χ1n) is 9.93. The lowest BCUT2D eigenvalue weighted by Crippen LogP contribution is -2.49. The predicted octanol–water partition coefficient (Wildman–Crippen LogP) is 1.65. The summed E-state index contributed by atoms with van der Waals surface area (Å²) in [5.74, 6) is 1.68. The van der Waals surface area contributed by atoms with E-state index >= 15 is 0 Å². The highest BCUT2D eigenvalue weighted by Gasteiger charge is 2.30. The number of nitro benzene ring substituents is 1. The number of nitrogen functional groups attached to an aromatic ring is 1. The molecular weight excluding hydrogens is 452 g/mol. The van der Waals surface area contributed by atoms with Crippen molar-refractivity contribution in [3.05, 3.63) is 46.5 Å². The summed E-state index contributed by atoms with van der Waals surface area (Å²) in [4.78, 5) is 21.1. The molecule has 2 heterocycles. The van der Waals surface area contributed by atoms with Crippen LogP contribution in [0.4, 0.5) is 17.5 Å². The van der Waals surface area contributed by atoms with Crippen molar-refractivity contribution in [3.8, 4) is 11.5 Å². The van der Waals surface area contributed by atoms with Crippen molar-refractivity contribution in [1.82, 2.24) is 14.3 Å². The van der Waals surface area contributed by atoms with Crippen molar-refractivity contribution in [2.24, 2.45) is 0 Å². The van der Waals surface area contributed by atoms with E-state index < -0.39 is 14.9 Å². The average Bonchev–Trinajstić information content (AvgIpc) is 2.83. The molecule has 13 heteroatoms. The van der Waals surface area contributed by atoms with E-state index in [1.54, 1.807) is 12.1 Å². The molecule has 174 valence electrons. The lowest BCUT2D eigenvalue weighted by atomic mass is 10.2. The number of nitro groups is 1. The van der Waals surface area contributed by atoms with Gasteiger partial charge in [0.2, 0.25) is 16.0 Å². The number of nitrogens with two attached hydrogens (primary N) is 1. The van der Waals surface area contributed by atoms with Gasteiger partial charge in [-0.15, -0.1) is 0 Å². The minimum atomic E-state index is -3.78. The molecule has 0 spiro atoms. The first kappa shape index (κ1) is 22.5. The van der Waals surface area contributed by atoms with Crippen LogP contribution in [0.1, 0.15) is 0 Å². The van der Waals surface area contributed by atoms with Crippen molar-refractivity contribution in [2.75, 3.05) is 51.0 Å². The van der Waals surface area contributed by atoms with Crippen molar-refractivity contribution < 1.29 is 22.8 Å². The number of non-ortho nitro benzene ring substituents is 1. The minimum absolute atomic E-state index is 0.00814. The van der Waals surface area contributed by atoms with Gasteiger partial charge in [-0.3, -0.25) is 10.1 Å². The molecule has 4 rings (SSSR count). The van der Waals surface area contributed by atoms with Gasteiger partial charge in [-0.25, -0.2) is 13.4 Å². The number of hydrogen-bond donors (Lipinski definition) is 1. The third-order valence-electron chi connectivity index (χ3n) is 5.43. The molecule has 0 aliphatic carbocycles. The van der Waals surface area contributed by atoms with Gasteiger partial charge < -0.3 is 20.1 Å². The van der Waals surface area contributed by atoms with Crippen LogP contribution in [0.3, 0.4) is 0 Å². The smallest absolute Gasteiger partial charge is 0.269 e. The fourth-order valence-corrected chi connectivity index (χ4v) is 5.05. The van der Waals surface area contributed by atoms with Crippen molar-refractivity contribution in [1.29, 1.82) is 0 Å². The second-order valence-electron chi connectivity index (χ2n) is 7.28. The number of methoxy groups -OCH3 is 2. The van der Waals surface area contributed by atoms with E-state index in [2.05, 4.69) is 9.97 Å². The Bertz CT molecular complexity index is 1310. The maximum Gasteiger partial charge on any atom is 0.269 e. The molecule has 0 bridgehead atoms. The summed E-state index contributed by atoms with van der Waals surface area (Å²) < 4.78 is 37.8. The summed E-state index contributed by atoms with van der Waals surface area (Å²) >= 11 is 0. The maximum atomic E-state index is 12.9. The van der Waals surface area contributed by atoms with Crippen LogP contribution in [0.25, 0.3) is 10.9 Å². The summed E-state index contributed by atoms with van der Waals surface area (Å²) in [6, 6.07) is 8.27. The summed E-state index contributed by atoms with van der Waals surface area (Å²) in [5.41, 5.74) is 6.57. The average molecular weight is 474 g/mol. The van der Waals surface area contributed by atoms with E-state index in [9.17, 15) is 18.5 Å². The number of piperazine rings is 1. The molecule has 0 radical (unpaired) electrons. The molecule has 12 nitrogen and oxygen atoms in total. The van der Waals surface area contributed by atoms with Crippen molar-refractivity contribution >= 4 is 38.4 Å². The number of benzene rings is 2. The van der Waals surface area contributed by atoms with E-state index in [1.165, 1.54) is 42.8 Å². The second kappa shape index (κ2) is 8.67. The summed E-state index contributed by atoms with van der Waals surface area (Å²) in [6.45, 7) is 1.11. The molecule has 0 saturated carbocycles. The molecule has 0 atom stereocenters. The minimum Gasteiger partial charge on any atom is -0.493 e. The highest BCUT2D eigenvalue weighted by atomic mass is 32.2. The largest absolute Gasteiger partial charge is 0.493 e. The molecular formula is C20H22N6O6S. The first-order valence-corrected chi connectivity index (χ1v) is 11.4. The van der Waals surface area contributed by atoms with Crippen LogP contribution in [0.15, 0.2) is 41.3 Å². The van der Waals surface area contributed by atoms with Gasteiger partial charge in [0, 0.05) is 49.8 Å². The number of rotatable bonds is 6. The predicted molar refractivity (Wildman–Crippen MR) is 121 cm³/mol. The number of hydrogen-bond acceptors (Lipinski definition) is 10. The Balaban J connectivity index is 1.54. The number of fused-ring (bicyclic) bond motifs is 1. The van der Waals surface area contributed by atoms with Gasteiger partial charge in [0.1, 0.15) is 5.82 Å². The van der Waals surface area contributed by atoms with Crippen LogP contribution in [0.5, 0.6) is 11.5 Å². The maximum absolute atomic E-state index is 12.9. The Morgan fingerprint density at radius 2 is 1.61 bits per heavy atom. The van der Waals surface area contributed by atoms with Crippen molar-refractivity contribution in [2.45, 2.75) is 4.90 Å². The van der Waals surface area contributed by atoms with Gasteiger partial charge in [-0.1, -0.05) is 0 Å². The Hall–Kier alpha value is -3.71. The fourth-order valence-electron chi connectivity index (χ4n) is 3.63. The molecule has 1 saturated heterocycles. The molecule has 0 unspecified atom stereocenters. The Labute approximate surface area is 189 Å². The lowest BCUT2D eigenvalue weighted by Gasteiger charge is -2.34. The zero-order valence-electron chi connectivity index (χ0n) is 18.0. The number of sulfonamides is 1. The SMILES string of the molecule is COc1cc2nc(N3CCN(S(=O)(=O)c4ccc([N+](=O)[O-])cc4)CC3)nc(N)c2cc1OC. The first-order chi connectivity index (χ1) is 15.7. The molecule has 2 aromatic carbocycles. The topological polar surface area (TPSA) is 154 Å².